The summed E-state index contributed by atoms with van der Waals surface area (Å²) < 4.78 is 4.32. The number of hydrogen-bond donors (Lipinski definition) is 3. The zero-order chi connectivity index (χ0) is 11.8. The topological polar surface area (TPSA) is 102 Å². The van der Waals surface area contributed by atoms with Crippen molar-refractivity contribution in [3.05, 3.63) is 0 Å². The van der Waals surface area contributed by atoms with Crippen molar-refractivity contribution in [3.8, 4) is 0 Å². The molecule has 0 saturated carbocycles. The van der Waals surface area contributed by atoms with E-state index in [9.17, 15) is 14.7 Å². The van der Waals surface area contributed by atoms with Gasteiger partial charge in [0.1, 0.15) is 12.6 Å². The maximum absolute atomic E-state index is 11.2. The van der Waals surface area contributed by atoms with Crippen LogP contribution >= 0.6 is 0 Å². The Morgan fingerprint density at radius 2 is 2.13 bits per heavy atom. The highest BCUT2D eigenvalue weighted by atomic mass is 16.5. The fourth-order valence-electron chi connectivity index (χ4n) is 1.02. The van der Waals surface area contributed by atoms with Crippen LogP contribution in [0.3, 0.4) is 0 Å². The summed E-state index contributed by atoms with van der Waals surface area (Å²) in [7, 11) is 1.22. The number of esters is 1. The molecule has 0 heterocycles. The van der Waals surface area contributed by atoms with Crippen molar-refractivity contribution in [1.82, 2.24) is 5.32 Å². The lowest BCUT2D eigenvalue weighted by Crippen LogP contribution is -2.47. The van der Waals surface area contributed by atoms with E-state index in [0.29, 0.717) is 6.42 Å². The van der Waals surface area contributed by atoms with E-state index in [2.05, 4.69) is 10.1 Å². The van der Waals surface area contributed by atoms with Crippen LogP contribution in [0.5, 0.6) is 0 Å². The average Bonchev–Trinajstić information content (AvgIpc) is 2.24. The molecule has 0 bridgehead atoms. The third kappa shape index (κ3) is 5.34. The molecule has 0 aromatic heterocycles. The maximum atomic E-state index is 11.2. The Morgan fingerprint density at radius 3 is 2.60 bits per heavy atom. The second-order valence-corrected chi connectivity index (χ2v) is 3.19. The summed E-state index contributed by atoms with van der Waals surface area (Å²) in [4.78, 5) is 21.9. The Labute approximate surface area is 88.8 Å². The van der Waals surface area contributed by atoms with Gasteiger partial charge in [0, 0.05) is 6.04 Å². The van der Waals surface area contributed by atoms with Gasteiger partial charge in [-0.05, 0) is 6.42 Å². The first kappa shape index (κ1) is 13.9. The molecule has 0 aliphatic carbocycles. The van der Waals surface area contributed by atoms with Crippen molar-refractivity contribution in [2.75, 3.05) is 13.7 Å². The lowest BCUT2D eigenvalue weighted by Gasteiger charge is -2.17. The first-order chi connectivity index (χ1) is 7.02. The van der Waals surface area contributed by atoms with E-state index in [1.54, 1.807) is 0 Å². The number of hydrogen-bond acceptors (Lipinski definition) is 5. The fraction of sp³-hybridized carbons (Fsp3) is 0.778. The zero-order valence-electron chi connectivity index (χ0n) is 9.03. The quantitative estimate of drug-likeness (QED) is 0.484. The number of nitrogens with two attached hydrogens (primary N) is 1. The Morgan fingerprint density at radius 1 is 1.53 bits per heavy atom. The number of ether oxygens (including phenoxy) is 1. The normalized spacial score (nSPS) is 14.1. The molecule has 0 rings (SSSR count). The average molecular weight is 218 g/mol. The zero-order valence-corrected chi connectivity index (χ0v) is 9.03. The second-order valence-electron chi connectivity index (χ2n) is 3.19. The van der Waals surface area contributed by atoms with Gasteiger partial charge in [0.15, 0.2) is 0 Å². The largest absolute Gasteiger partial charge is 0.468 e. The Balaban J connectivity index is 3.93. The van der Waals surface area contributed by atoms with Crippen molar-refractivity contribution in [1.29, 1.82) is 0 Å². The van der Waals surface area contributed by atoms with Gasteiger partial charge < -0.3 is 20.9 Å². The number of carbonyl (C=O) groups excluding carboxylic acids is 2. The van der Waals surface area contributed by atoms with Gasteiger partial charge in [-0.15, -0.1) is 0 Å². The van der Waals surface area contributed by atoms with Crippen LogP contribution < -0.4 is 11.1 Å². The molecule has 4 N–H and O–H groups in total. The van der Waals surface area contributed by atoms with Crippen molar-refractivity contribution in [2.45, 2.75) is 31.9 Å². The minimum Gasteiger partial charge on any atom is -0.468 e. The molecule has 2 atom stereocenters. The van der Waals surface area contributed by atoms with E-state index in [1.807, 2.05) is 6.92 Å². The standard InChI is InChI=1S/C9H18N2O4/c1-3-4-6(10)8(13)9(14)11-5-7(12)15-2/h6,8,13H,3-5,10H2,1-2H3,(H,11,14)/t6?,8-/m1/s1. The predicted octanol–water partition coefficient (Wildman–Crippen LogP) is -1.24. The minimum absolute atomic E-state index is 0.259. The van der Waals surface area contributed by atoms with Crippen LogP contribution in [-0.2, 0) is 14.3 Å². The Kier molecular flexibility index (Phi) is 6.64. The van der Waals surface area contributed by atoms with Crippen molar-refractivity contribution >= 4 is 11.9 Å². The predicted molar refractivity (Wildman–Crippen MR) is 53.9 cm³/mol. The number of aliphatic hydroxyl groups is 1. The molecule has 0 radical (unpaired) electrons. The fourth-order valence-corrected chi connectivity index (χ4v) is 1.02. The van der Waals surface area contributed by atoms with E-state index in [0.717, 1.165) is 6.42 Å². The van der Waals surface area contributed by atoms with Crippen molar-refractivity contribution in [2.24, 2.45) is 5.73 Å². The summed E-state index contributed by atoms with van der Waals surface area (Å²) >= 11 is 0. The van der Waals surface area contributed by atoms with E-state index < -0.39 is 24.0 Å². The molecule has 0 aromatic carbocycles. The van der Waals surface area contributed by atoms with Crippen LogP contribution in [0, 0.1) is 0 Å². The van der Waals surface area contributed by atoms with Crippen LogP contribution in [0.2, 0.25) is 0 Å². The summed E-state index contributed by atoms with van der Waals surface area (Å²) in [5, 5.41) is 11.6. The van der Waals surface area contributed by atoms with Crippen molar-refractivity contribution in [3.63, 3.8) is 0 Å². The molecule has 1 unspecified atom stereocenters. The molecule has 6 nitrogen and oxygen atoms in total. The third-order valence-corrected chi connectivity index (χ3v) is 1.93. The van der Waals surface area contributed by atoms with Crippen LogP contribution in [0.25, 0.3) is 0 Å². The van der Waals surface area contributed by atoms with Gasteiger partial charge in [-0.3, -0.25) is 9.59 Å². The minimum atomic E-state index is -1.28. The lowest BCUT2D eigenvalue weighted by molar-refractivity contribution is -0.142. The summed E-state index contributed by atoms with van der Waals surface area (Å²) in [6.07, 6.45) is 0.0459. The monoisotopic (exact) mass is 218 g/mol. The molecular weight excluding hydrogens is 200 g/mol. The second kappa shape index (κ2) is 7.19. The summed E-state index contributed by atoms with van der Waals surface area (Å²) in [6, 6.07) is -0.604. The third-order valence-electron chi connectivity index (χ3n) is 1.93. The SMILES string of the molecule is CCCC(N)[C@@H](O)C(=O)NCC(=O)OC. The van der Waals surface area contributed by atoms with Crippen LogP contribution in [0.4, 0.5) is 0 Å². The van der Waals surface area contributed by atoms with Crippen LogP contribution in [-0.4, -0.2) is 42.8 Å². The maximum Gasteiger partial charge on any atom is 0.325 e. The van der Waals surface area contributed by atoms with E-state index in [1.165, 1.54) is 7.11 Å². The molecule has 0 aliphatic heterocycles. The molecular formula is C9H18N2O4. The molecule has 88 valence electrons. The molecule has 0 aliphatic rings. The number of methoxy groups -OCH3 is 1. The van der Waals surface area contributed by atoms with Gasteiger partial charge in [0.2, 0.25) is 0 Å². The van der Waals surface area contributed by atoms with Crippen LogP contribution in [0.15, 0.2) is 0 Å². The van der Waals surface area contributed by atoms with E-state index in [4.69, 9.17) is 5.73 Å². The highest BCUT2D eigenvalue weighted by Crippen LogP contribution is 1.99. The van der Waals surface area contributed by atoms with Crippen molar-refractivity contribution < 1.29 is 19.4 Å². The number of amides is 1. The van der Waals surface area contributed by atoms with Gasteiger partial charge in [-0.2, -0.15) is 0 Å². The molecule has 0 aromatic rings. The van der Waals surface area contributed by atoms with Gasteiger partial charge in [-0.25, -0.2) is 0 Å². The highest BCUT2D eigenvalue weighted by molar-refractivity contribution is 5.85. The Bertz CT molecular complexity index is 220. The van der Waals surface area contributed by atoms with Gasteiger partial charge in [0.25, 0.3) is 5.91 Å². The van der Waals surface area contributed by atoms with Gasteiger partial charge in [0.05, 0.1) is 7.11 Å². The lowest BCUT2D eigenvalue weighted by atomic mass is 10.1. The van der Waals surface area contributed by atoms with E-state index >= 15 is 0 Å². The highest BCUT2D eigenvalue weighted by Gasteiger charge is 2.22. The molecule has 0 spiro atoms. The smallest absolute Gasteiger partial charge is 0.325 e. The van der Waals surface area contributed by atoms with Gasteiger partial charge >= 0.3 is 5.97 Å². The van der Waals surface area contributed by atoms with E-state index in [-0.39, 0.29) is 6.54 Å². The molecule has 0 fully saturated rings. The number of nitrogens with one attached hydrogen (secondary N) is 1. The summed E-state index contributed by atoms with van der Waals surface area (Å²) in [6.45, 7) is 1.64. The number of rotatable bonds is 6. The molecule has 15 heavy (non-hydrogen) atoms. The Hall–Kier alpha value is -1.14. The first-order valence-corrected chi connectivity index (χ1v) is 4.81. The molecule has 1 amide bonds. The molecule has 6 heteroatoms. The van der Waals surface area contributed by atoms with Gasteiger partial charge in [-0.1, -0.05) is 13.3 Å². The number of carbonyl (C=O) groups is 2. The summed E-state index contributed by atoms with van der Waals surface area (Å²) in [5.41, 5.74) is 5.54. The molecule has 0 saturated heterocycles. The number of aliphatic hydroxyl groups excluding tert-OH is 1. The summed E-state index contributed by atoms with van der Waals surface area (Å²) in [5.74, 6) is -1.22. The van der Waals surface area contributed by atoms with Crippen LogP contribution in [0.1, 0.15) is 19.8 Å². The first-order valence-electron chi connectivity index (χ1n) is 4.81.